The van der Waals surface area contributed by atoms with Crippen molar-refractivity contribution in [3.05, 3.63) is 63.3 Å². The number of halogens is 3. The summed E-state index contributed by atoms with van der Waals surface area (Å²) in [6, 6.07) is 12.5. The van der Waals surface area contributed by atoms with Gasteiger partial charge in [0.1, 0.15) is 11.5 Å². The van der Waals surface area contributed by atoms with Gasteiger partial charge < -0.3 is 14.4 Å². The van der Waals surface area contributed by atoms with E-state index in [4.69, 9.17) is 39.2 Å². The third-order valence-corrected chi connectivity index (χ3v) is 6.36. The number of hydrogen-bond acceptors (Lipinski definition) is 4. The number of aromatic nitrogens is 1. The van der Waals surface area contributed by atoms with E-state index in [1.54, 1.807) is 35.2 Å². The zero-order valence-corrected chi connectivity index (χ0v) is 18.9. The van der Waals surface area contributed by atoms with Gasteiger partial charge in [-0.2, -0.15) is 0 Å². The highest BCUT2D eigenvalue weighted by Gasteiger charge is 2.23. The normalized spacial score (nSPS) is 14.8. The van der Waals surface area contributed by atoms with Gasteiger partial charge in [-0.1, -0.05) is 46.9 Å². The molecule has 0 saturated carbocycles. The predicted octanol–water partition coefficient (Wildman–Crippen LogP) is 5.88. The van der Waals surface area contributed by atoms with Crippen LogP contribution in [0.3, 0.4) is 0 Å². The molecule has 31 heavy (non-hydrogen) atoms. The molecule has 1 fully saturated rings. The molecule has 0 atom stereocenters. The van der Waals surface area contributed by atoms with Crippen LogP contribution in [0.15, 0.2) is 46.9 Å². The molecule has 0 unspecified atom stereocenters. The zero-order chi connectivity index (χ0) is 22.0. The Labute approximate surface area is 195 Å². The van der Waals surface area contributed by atoms with Gasteiger partial charge in [-0.05, 0) is 43.2 Å². The van der Waals surface area contributed by atoms with E-state index in [0.717, 1.165) is 5.56 Å². The largest absolute Gasteiger partial charge is 0.440 e. The molecule has 1 saturated heterocycles. The summed E-state index contributed by atoms with van der Waals surface area (Å²) >= 11 is 18.2. The van der Waals surface area contributed by atoms with Crippen molar-refractivity contribution in [3.8, 4) is 22.7 Å². The fraction of sp³-hybridized carbons (Fsp3) is 0.304. The lowest BCUT2D eigenvalue weighted by Gasteiger charge is -2.29. The Morgan fingerprint density at radius 3 is 2.39 bits per heavy atom. The number of aryl methyl sites for hydroxylation is 1. The predicted molar refractivity (Wildman–Crippen MR) is 123 cm³/mol. The molecule has 1 N–H and O–H groups in total. The minimum absolute atomic E-state index is 0.0430. The summed E-state index contributed by atoms with van der Waals surface area (Å²) in [7, 11) is 0. The number of carbonyl (C=O) groups is 1. The first-order valence-corrected chi connectivity index (χ1v) is 11.2. The SMILES string of the molecule is O=C(CCc1oc(-c2ccc(Cl)c(Cl)c2)nc1-c1ccc(Cl)cc1)N1CCC(O)CC1. The van der Waals surface area contributed by atoms with Crippen molar-refractivity contribution in [2.45, 2.75) is 31.8 Å². The number of amides is 1. The van der Waals surface area contributed by atoms with Gasteiger partial charge >= 0.3 is 0 Å². The van der Waals surface area contributed by atoms with E-state index in [0.29, 0.717) is 76.7 Å². The molecular formula is C23H21Cl3N2O3. The molecule has 0 bridgehead atoms. The maximum atomic E-state index is 12.7. The van der Waals surface area contributed by atoms with Gasteiger partial charge in [0, 0.05) is 42.1 Å². The number of benzene rings is 2. The Morgan fingerprint density at radius 1 is 1.03 bits per heavy atom. The van der Waals surface area contributed by atoms with Crippen molar-refractivity contribution in [3.63, 3.8) is 0 Å². The third-order valence-electron chi connectivity index (χ3n) is 5.36. The second kappa shape index (κ2) is 9.61. The minimum Gasteiger partial charge on any atom is -0.440 e. The molecule has 0 radical (unpaired) electrons. The molecule has 2 aromatic carbocycles. The van der Waals surface area contributed by atoms with Crippen molar-refractivity contribution in [1.82, 2.24) is 9.88 Å². The van der Waals surface area contributed by atoms with Crippen molar-refractivity contribution >= 4 is 40.7 Å². The van der Waals surface area contributed by atoms with E-state index in [-0.39, 0.29) is 12.0 Å². The van der Waals surface area contributed by atoms with Crippen LogP contribution in [0.2, 0.25) is 15.1 Å². The summed E-state index contributed by atoms with van der Waals surface area (Å²) in [5, 5.41) is 11.1. The number of aliphatic hydroxyl groups excluding tert-OH is 1. The summed E-state index contributed by atoms with van der Waals surface area (Å²) in [6.07, 6.45) is 1.62. The summed E-state index contributed by atoms with van der Waals surface area (Å²) in [4.78, 5) is 19.1. The van der Waals surface area contributed by atoms with Gasteiger partial charge in [0.25, 0.3) is 0 Å². The van der Waals surface area contributed by atoms with Crippen LogP contribution in [0.4, 0.5) is 0 Å². The van der Waals surface area contributed by atoms with Crippen LogP contribution in [0.25, 0.3) is 22.7 Å². The number of piperidine rings is 1. The van der Waals surface area contributed by atoms with E-state index >= 15 is 0 Å². The van der Waals surface area contributed by atoms with E-state index in [1.165, 1.54) is 0 Å². The number of carbonyl (C=O) groups excluding carboxylic acids is 1. The number of aliphatic hydroxyl groups is 1. The minimum atomic E-state index is -0.316. The smallest absolute Gasteiger partial charge is 0.226 e. The molecule has 4 rings (SSSR count). The Hall–Kier alpha value is -2.05. The first-order chi connectivity index (χ1) is 14.9. The number of rotatable bonds is 5. The highest BCUT2D eigenvalue weighted by atomic mass is 35.5. The van der Waals surface area contributed by atoms with E-state index in [9.17, 15) is 9.90 Å². The quantitative estimate of drug-likeness (QED) is 0.496. The first kappa shape index (κ1) is 22.2. The van der Waals surface area contributed by atoms with Gasteiger partial charge in [0.05, 0.1) is 16.1 Å². The topological polar surface area (TPSA) is 66.6 Å². The molecule has 1 aliphatic heterocycles. The van der Waals surface area contributed by atoms with Crippen molar-refractivity contribution in [2.24, 2.45) is 0 Å². The maximum Gasteiger partial charge on any atom is 0.226 e. The number of hydrogen-bond donors (Lipinski definition) is 1. The molecule has 3 aromatic rings. The molecule has 1 aromatic heterocycles. The molecule has 0 aliphatic carbocycles. The average Bonchev–Trinajstić information content (AvgIpc) is 3.19. The van der Waals surface area contributed by atoms with Crippen LogP contribution < -0.4 is 0 Å². The van der Waals surface area contributed by atoms with Crippen LogP contribution in [-0.2, 0) is 11.2 Å². The van der Waals surface area contributed by atoms with Crippen LogP contribution in [0, 0.1) is 0 Å². The van der Waals surface area contributed by atoms with E-state index < -0.39 is 0 Å². The molecule has 1 amide bonds. The lowest BCUT2D eigenvalue weighted by atomic mass is 10.1. The van der Waals surface area contributed by atoms with Crippen LogP contribution in [-0.4, -0.2) is 40.1 Å². The molecule has 162 valence electrons. The summed E-state index contributed by atoms with van der Waals surface area (Å²) in [5.74, 6) is 1.07. The van der Waals surface area contributed by atoms with Crippen LogP contribution >= 0.6 is 34.8 Å². The van der Waals surface area contributed by atoms with Crippen LogP contribution in [0.5, 0.6) is 0 Å². The summed E-state index contributed by atoms with van der Waals surface area (Å²) < 4.78 is 6.08. The monoisotopic (exact) mass is 478 g/mol. The molecule has 2 heterocycles. The lowest BCUT2D eigenvalue weighted by molar-refractivity contribution is -0.133. The highest BCUT2D eigenvalue weighted by molar-refractivity contribution is 6.42. The number of oxazole rings is 1. The Balaban J connectivity index is 1.60. The van der Waals surface area contributed by atoms with E-state index in [2.05, 4.69) is 4.98 Å². The van der Waals surface area contributed by atoms with Gasteiger partial charge in [-0.25, -0.2) is 4.98 Å². The highest BCUT2D eigenvalue weighted by Crippen LogP contribution is 2.33. The molecule has 5 nitrogen and oxygen atoms in total. The maximum absolute atomic E-state index is 12.7. The Bertz CT molecular complexity index is 1070. The second-order valence-corrected chi connectivity index (χ2v) is 8.79. The number of likely N-dealkylation sites (tertiary alicyclic amines) is 1. The lowest BCUT2D eigenvalue weighted by Crippen LogP contribution is -2.40. The Kier molecular flexibility index (Phi) is 6.87. The van der Waals surface area contributed by atoms with Crippen molar-refractivity contribution in [1.29, 1.82) is 0 Å². The van der Waals surface area contributed by atoms with Gasteiger partial charge in [0.2, 0.25) is 11.8 Å². The summed E-state index contributed by atoms with van der Waals surface area (Å²) in [6.45, 7) is 1.16. The van der Waals surface area contributed by atoms with Gasteiger partial charge in [-0.15, -0.1) is 0 Å². The molecule has 8 heteroatoms. The summed E-state index contributed by atoms with van der Waals surface area (Å²) in [5.41, 5.74) is 2.22. The van der Waals surface area contributed by atoms with Crippen LogP contribution in [0.1, 0.15) is 25.0 Å². The molecular weight excluding hydrogens is 459 g/mol. The fourth-order valence-corrected chi connectivity index (χ4v) is 4.03. The Morgan fingerprint density at radius 2 is 1.71 bits per heavy atom. The molecule has 0 spiro atoms. The molecule has 1 aliphatic rings. The van der Waals surface area contributed by atoms with Gasteiger partial charge in [-0.3, -0.25) is 4.79 Å². The average molecular weight is 480 g/mol. The van der Waals surface area contributed by atoms with E-state index in [1.807, 2.05) is 12.1 Å². The second-order valence-electron chi connectivity index (χ2n) is 7.54. The van der Waals surface area contributed by atoms with Crippen molar-refractivity contribution < 1.29 is 14.3 Å². The standard InChI is InChI=1S/C23H21Cl3N2O3/c24-16-4-1-14(2-5-16)22-20(7-8-21(30)28-11-9-17(29)10-12-28)31-23(27-22)15-3-6-18(25)19(26)13-15/h1-6,13,17,29H,7-12H2. The number of nitrogens with zero attached hydrogens (tertiary/aromatic N) is 2. The fourth-order valence-electron chi connectivity index (χ4n) is 3.60. The third kappa shape index (κ3) is 5.24. The van der Waals surface area contributed by atoms with Crippen molar-refractivity contribution in [2.75, 3.05) is 13.1 Å². The zero-order valence-electron chi connectivity index (χ0n) is 16.7. The van der Waals surface area contributed by atoms with Gasteiger partial charge in [0.15, 0.2) is 0 Å². The first-order valence-electron chi connectivity index (χ1n) is 10.1.